The highest BCUT2D eigenvalue weighted by Gasteiger charge is 2.48. The normalized spacial score (nSPS) is 22.5. The molecule has 174 valence electrons. The summed E-state index contributed by atoms with van der Waals surface area (Å²) in [4.78, 5) is 21.1. The quantitative estimate of drug-likeness (QED) is 0.524. The molecule has 1 N–H and O–H groups in total. The predicted octanol–water partition coefficient (Wildman–Crippen LogP) is 6.11. The number of rotatable bonds is 4. The summed E-state index contributed by atoms with van der Waals surface area (Å²) < 4.78 is 14.7. The highest BCUT2D eigenvalue weighted by atomic mass is 19.1. The Morgan fingerprint density at radius 1 is 1.15 bits per heavy atom. The molecule has 1 amide bonds. The number of anilines is 1. The summed E-state index contributed by atoms with van der Waals surface area (Å²) in [7, 11) is 3.82. The molecule has 33 heavy (non-hydrogen) atoms. The number of amides is 1. The van der Waals surface area contributed by atoms with Gasteiger partial charge in [-0.15, -0.1) is 0 Å². The maximum atomic E-state index is 14.7. The van der Waals surface area contributed by atoms with E-state index in [1.165, 1.54) is 16.6 Å². The number of H-pyrrole nitrogens is 1. The molecule has 2 aromatic carbocycles. The topological polar surface area (TPSA) is 39.3 Å². The van der Waals surface area contributed by atoms with Gasteiger partial charge in [0.2, 0.25) is 5.91 Å². The van der Waals surface area contributed by atoms with Gasteiger partial charge in [0, 0.05) is 43.7 Å². The lowest BCUT2D eigenvalue weighted by atomic mass is 9.69. The van der Waals surface area contributed by atoms with Crippen molar-refractivity contribution in [3.8, 4) is 0 Å². The fourth-order valence-electron chi connectivity index (χ4n) is 6.40. The Balaban J connectivity index is 1.54. The van der Waals surface area contributed by atoms with Crippen LogP contribution in [0.5, 0.6) is 0 Å². The summed E-state index contributed by atoms with van der Waals surface area (Å²) in [6, 6.07) is 14.0. The number of carbonyl (C=O) groups excluding carboxylic acids is 1. The van der Waals surface area contributed by atoms with Gasteiger partial charge in [0.25, 0.3) is 0 Å². The first kappa shape index (κ1) is 22.0. The van der Waals surface area contributed by atoms with E-state index in [9.17, 15) is 9.18 Å². The van der Waals surface area contributed by atoms with E-state index in [-0.39, 0.29) is 17.3 Å². The molecule has 1 fully saturated rings. The van der Waals surface area contributed by atoms with Crippen molar-refractivity contribution in [2.24, 2.45) is 0 Å². The van der Waals surface area contributed by atoms with Gasteiger partial charge in [0.1, 0.15) is 5.82 Å². The van der Waals surface area contributed by atoms with E-state index in [1.54, 1.807) is 6.07 Å². The minimum Gasteiger partial charge on any atom is -0.375 e. The Labute approximate surface area is 195 Å². The minimum absolute atomic E-state index is 0.159. The van der Waals surface area contributed by atoms with E-state index in [0.717, 1.165) is 56.1 Å². The van der Waals surface area contributed by atoms with Gasteiger partial charge in [-0.1, -0.05) is 37.3 Å². The van der Waals surface area contributed by atoms with Crippen LogP contribution in [0.1, 0.15) is 68.2 Å². The highest BCUT2D eigenvalue weighted by molar-refractivity contribution is 5.86. The molecule has 1 aliphatic carbocycles. The molecule has 1 saturated carbocycles. The smallest absolute Gasteiger partial charge is 0.223 e. The van der Waals surface area contributed by atoms with Gasteiger partial charge in [0.15, 0.2) is 0 Å². The van der Waals surface area contributed by atoms with Gasteiger partial charge in [0.05, 0.1) is 11.2 Å². The average Bonchev–Trinajstić information content (AvgIpc) is 3.19. The van der Waals surface area contributed by atoms with Crippen LogP contribution in [-0.2, 0) is 16.8 Å². The number of aromatic nitrogens is 1. The van der Waals surface area contributed by atoms with Gasteiger partial charge in [-0.25, -0.2) is 4.39 Å². The second kappa shape index (κ2) is 8.51. The predicted molar refractivity (Wildman–Crippen MR) is 132 cm³/mol. The van der Waals surface area contributed by atoms with E-state index in [0.29, 0.717) is 18.0 Å². The van der Waals surface area contributed by atoms with Crippen LogP contribution >= 0.6 is 0 Å². The molecule has 4 nitrogen and oxygen atoms in total. The summed E-state index contributed by atoms with van der Waals surface area (Å²) in [5.41, 5.74) is 5.28. The van der Waals surface area contributed by atoms with Crippen molar-refractivity contribution in [2.45, 2.75) is 63.3 Å². The van der Waals surface area contributed by atoms with E-state index >= 15 is 0 Å². The lowest BCUT2D eigenvalue weighted by molar-refractivity contribution is -0.141. The van der Waals surface area contributed by atoms with E-state index < -0.39 is 0 Å². The zero-order valence-corrected chi connectivity index (χ0v) is 20.0. The van der Waals surface area contributed by atoms with Crippen molar-refractivity contribution in [1.29, 1.82) is 0 Å². The molecule has 1 aromatic heterocycles. The third-order valence-electron chi connectivity index (χ3n) is 7.86. The lowest BCUT2D eigenvalue weighted by Crippen LogP contribution is -2.55. The fraction of sp³-hybridized carbons (Fsp3) is 0.464. The Hall–Kier alpha value is -2.82. The van der Waals surface area contributed by atoms with Crippen LogP contribution < -0.4 is 4.90 Å². The van der Waals surface area contributed by atoms with Crippen LogP contribution in [0.25, 0.3) is 10.9 Å². The Bertz CT molecular complexity index is 1170. The molecular weight excluding hydrogens is 413 g/mol. The van der Waals surface area contributed by atoms with Crippen molar-refractivity contribution >= 4 is 22.5 Å². The number of carbonyl (C=O) groups is 1. The molecule has 0 radical (unpaired) electrons. The molecule has 5 heteroatoms. The zero-order chi connectivity index (χ0) is 23.2. The second-order valence-electron chi connectivity index (χ2n) is 9.95. The fourth-order valence-corrected chi connectivity index (χ4v) is 6.40. The van der Waals surface area contributed by atoms with Crippen molar-refractivity contribution < 1.29 is 9.18 Å². The number of nitrogens with one attached hydrogen (secondary N) is 1. The third-order valence-corrected chi connectivity index (χ3v) is 7.86. The molecule has 0 bridgehead atoms. The monoisotopic (exact) mass is 447 g/mol. The molecule has 5 rings (SSSR count). The maximum absolute atomic E-state index is 14.7. The van der Waals surface area contributed by atoms with Crippen LogP contribution in [-0.4, -0.2) is 36.4 Å². The summed E-state index contributed by atoms with van der Waals surface area (Å²) in [6.07, 6.45) is 6.03. The molecule has 2 aliphatic rings. The molecule has 1 spiro atoms. The number of nitrogens with zero attached hydrogens (tertiary/aromatic N) is 2. The van der Waals surface area contributed by atoms with E-state index in [2.05, 4.69) is 47.1 Å². The summed E-state index contributed by atoms with van der Waals surface area (Å²) in [6.45, 7) is 2.85. The maximum Gasteiger partial charge on any atom is 0.223 e. The Kier molecular flexibility index (Phi) is 5.67. The second-order valence-corrected chi connectivity index (χ2v) is 9.95. The van der Waals surface area contributed by atoms with Gasteiger partial charge in [-0.2, -0.15) is 0 Å². The number of aromatic amines is 1. The van der Waals surface area contributed by atoms with E-state index in [4.69, 9.17) is 0 Å². The average molecular weight is 448 g/mol. The Morgan fingerprint density at radius 3 is 2.64 bits per heavy atom. The third kappa shape index (κ3) is 3.53. The summed E-state index contributed by atoms with van der Waals surface area (Å²) >= 11 is 0. The largest absolute Gasteiger partial charge is 0.375 e. The van der Waals surface area contributed by atoms with Crippen LogP contribution in [0.15, 0.2) is 42.5 Å². The van der Waals surface area contributed by atoms with Crippen LogP contribution in [0.4, 0.5) is 10.1 Å². The molecule has 3 aromatic rings. The van der Waals surface area contributed by atoms with Crippen molar-refractivity contribution in [3.05, 3.63) is 65.1 Å². The number of halogens is 1. The van der Waals surface area contributed by atoms with Crippen LogP contribution in [0.2, 0.25) is 0 Å². The van der Waals surface area contributed by atoms with Gasteiger partial charge < -0.3 is 14.8 Å². The first-order valence-corrected chi connectivity index (χ1v) is 12.3. The molecular formula is C28H34FN3O. The summed E-state index contributed by atoms with van der Waals surface area (Å²) in [5.74, 6) is 0.398. The molecule has 1 aliphatic heterocycles. The molecule has 0 unspecified atom stereocenters. The molecule has 0 atom stereocenters. The summed E-state index contributed by atoms with van der Waals surface area (Å²) in [5, 5.41) is 1.29. The van der Waals surface area contributed by atoms with Gasteiger partial charge in [-0.3, -0.25) is 4.79 Å². The van der Waals surface area contributed by atoms with Crippen molar-refractivity contribution in [3.63, 3.8) is 0 Å². The highest BCUT2D eigenvalue weighted by Crippen LogP contribution is 2.52. The van der Waals surface area contributed by atoms with Crippen molar-refractivity contribution in [1.82, 2.24) is 9.88 Å². The lowest BCUT2D eigenvalue weighted by Gasteiger charge is -2.51. The number of para-hydroxylation sites is 2. The van der Waals surface area contributed by atoms with Crippen LogP contribution in [0.3, 0.4) is 0 Å². The zero-order valence-electron chi connectivity index (χ0n) is 20.0. The Morgan fingerprint density at radius 2 is 1.91 bits per heavy atom. The first-order chi connectivity index (χ1) is 16.0. The van der Waals surface area contributed by atoms with Crippen molar-refractivity contribution in [2.75, 3.05) is 25.5 Å². The number of hydrogen-bond donors (Lipinski definition) is 1. The minimum atomic E-state index is -0.291. The number of hydrogen-bond acceptors (Lipinski definition) is 2. The van der Waals surface area contributed by atoms with Gasteiger partial charge >= 0.3 is 0 Å². The number of fused-ring (bicyclic) bond motifs is 4. The molecule has 2 heterocycles. The number of benzene rings is 2. The van der Waals surface area contributed by atoms with E-state index in [1.807, 2.05) is 25.1 Å². The van der Waals surface area contributed by atoms with Gasteiger partial charge in [-0.05, 0) is 67.7 Å². The van der Waals surface area contributed by atoms with Crippen LogP contribution in [0, 0.1) is 5.82 Å². The molecule has 0 saturated heterocycles. The standard InChI is InChI=1S/C28H34FN3O/c1-4-8-25(33)32-18-15-22-21-9-5-6-12-24(21)30-27(22)28(32)16-13-19(14-17-28)20-10-7-11-23(29)26(20)31(2)3/h5-7,9-12,19,30H,4,8,13-18H2,1-3H3. The first-order valence-electron chi connectivity index (χ1n) is 12.3. The SMILES string of the molecule is CCCC(=O)N1CCc2c([nH]c3ccccc23)C12CCC(c1cccc(F)c1N(C)C)CC2.